The Bertz CT molecular complexity index is 1080. The summed E-state index contributed by atoms with van der Waals surface area (Å²) in [4.78, 5) is 13.3. The van der Waals surface area contributed by atoms with Crippen molar-refractivity contribution in [1.29, 1.82) is 0 Å². The molecule has 3 heterocycles. The molecular formula is C21H20N6O. The maximum atomic E-state index is 5.43. The highest BCUT2D eigenvalue weighted by atomic mass is 16.5. The highest BCUT2D eigenvalue weighted by molar-refractivity contribution is 5.52. The Morgan fingerprint density at radius 1 is 1.00 bits per heavy atom. The second-order valence-electron chi connectivity index (χ2n) is 7.16. The summed E-state index contributed by atoms with van der Waals surface area (Å²) in [5.74, 6) is 3.55. The maximum Gasteiger partial charge on any atom is 0.227 e. The van der Waals surface area contributed by atoms with E-state index in [4.69, 9.17) is 14.6 Å². The van der Waals surface area contributed by atoms with E-state index >= 15 is 0 Å². The molecule has 0 saturated heterocycles. The Balaban J connectivity index is 1.38. The molecule has 3 aromatic heterocycles. The van der Waals surface area contributed by atoms with Gasteiger partial charge in [-0.25, -0.2) is 9.67 Å². The first-order valence-electron chi connectivity index (χ1n) is 9.52. The molecule has 1 aliphatic rings. The van der Waals surface area contributed by atoms with Gasteiger partial charge in [-0.1, -0.05) is 22.9 Å². The highest BCUT2D eigenvalue weighted by Crippen LogP contribution is 2.38. The van der Waals surface area contributed by atoms with Gasteiger partial charge in [-0.15, -0.1) is 0 Å². The molecular weight excluding hydrogens is 352 g/mol. The fourth-order valence-electron chi connectivity index (χ4n) is 3.12. The van der Waals surface area contributed by atoms with Crippen LogP contribution < -0.4 is 0 Å². The molecule has 28 heavy (non-hydrogen) atoms. The Morgan fingerprint density at radius 2 is 1.79 bits per heavy atom. The molecule has 0 radical (unpaired) electrons. The first kappa shape index (κ1) is 16.8. The maximum absolute atomic E-state index is 5.43. The summed E-state index contributed by atoms with van der Waals surface area (Å²) in [7, 11) is 0. The third-order valence-corrected chi connectivity index (χ3v) is 4.88. The lowest BCUT2D eigenvalue weighted by molar-refractivity contribution is 0.377. The summed E-state index contributed by atoms with van der Waals surface area (Å²) < 4.78 is 7.38. The van der Waals surface area contributed by atoms with Gasteiger partial charge in [0, 0.05) is 36.7 Å². The molecule has 1 saturated carbocycles. The van der Waals surface area contributed by atoms with Crippen LogP contribution >= 0.6 is 0 Å². The van der Waals surface area contributed by atoms with Crippen LogP contribution in [0.15, 0.2) is 53.3 Å². The van der Waals surface area contributed by atoms with Crippen LogP contribution in [0.5, 0.6) is 0 Å². The van der Waals surface area contributed by atoms with Crippen molar-refractivity contribution >= 4 is 0 Å². The van der Waals surface area contributed by atoms with E-state index < -0.39 is 0 Å². The van der Waals surface area contributed by atoms with E-state index in [0.717, 1.165) is 22.9 Å². The third-order valence-electron chi connectivity index (χ3n) is 4.88. The van der Waals surface area contributed by atoms with Crippen molar-refractivity contribution in [2.75, 3.05) is 0 Å². The average molecular weight is 372 g/mol. The molecule has 1 aromatic carbocycles. The van der Waals surface area contributed by atoms with E-state index in [2.05, 4.69) is 46.3 Å². The number of aryl methyl sites for hydroxylation is 3. The van der Waals surface area contributed by atoms with Crippen LogP contribution in [-0.4, -0.2) is 29.9 Å². The van der Waals surface area contributed by atoms with Gasteiger partial charge >= 0.3 is 0 Å². The molecule has 7 heteroatoms. The molecule has 1 fully saturated rings. The lowest BCUT2D eigenvalue weighted by atomic mass is 10.2. The number of hydrogen-bond donors (Lipinski definition) is 0. The van der Waals surface area contributed by atoms with Crippen molar-refractivity contribution in [2.45, 2.75) is 38.5 Å². The van der Waals surface area contributed by atoms with Crippen LogP contribution in [0.2, 0.25) is 0 Å². The zero-order valence-corrected chi connectivity index (χ0v) is 15.6. The topological polar surface area (TPSA) is 82.5 Å². The Morgan fingerprint density at radius 3 is 2.54 bits per heavy atom. The van der Waals surface area contributed by atoms with Gasteiger partial charge in [-0.2, -0.15) is 10.1 Å². The van der Waals surface area contributed by atoms with E-state index in [1.165, 1.54) is 18.4 Å². The summed E-state index contributed by atoms with van der Waals surface area (Å²) in [5, 5.41) is 8.84. The van der Waals surface area contributed by atoms with Crippen LogP contribution in [0.4, 0.5) is 0 Å². The lowest BCUT2D eigenvalue weighted by Gasteiger charge is -2.05. The molecule has 1 aliphatic carbocycles. The van der Waals surface area contributed by atoms with Gasteiger partial charge in [-0.05, 0) is 44.0 Å². The predicted octanol–water partition coefficient (Wildman–Crippen LogP) is 3.68. The number of benzene rings is 1. The van der Waals surface area contributed by atoms with Crippen LogP contribution in [0.25, 0.3) is 17.1 Å². The van der Waals surface area contributed by atoms with Crippen LogP contribution in [0.3, 0.4) is 0 Å². The Kier molecular flexibility index (Phi) is 4.20. The molecule has 140 valence electrons. The third kappa shape index (κ3) is 3.43. The number of nitrogens with zero attached hydrogens (tertiary/aromatic N) is 6. The number of rotatable bonds is 6. The van der Waals surface area contributed by atoms with Crippen LogP contribution in [0.1, 0.15) is 41.9 Å². The van der Waals surface area contributed by atoms with Gasteiger partial charge in [0.25, 0.3) is 0 Å². The van der Waals surface area contributed by atoms with Crippen molar-refractivity contribution in [3.05, 3.63) is 71.9 Å². The molecule has 0 atom stereocenters. The summed E-state index contributed by atoms with van der Waals surface area (Å²) in [6.45, 7) is 2.08. The fourth-order valence-corrected chi connectivity index (χ4v) is 3.12. The normalized spacial score (nSPS) is 13.8. The van der Waals surface area contributed by atoms with Gasteiger partial charge in [-0.3, -0.25) is 4.98 Å². The summed E-state index contributed by atoms with van der Waals surface area (Å²) in [6.07, 6.45) is 7.09. The SMILES string of the molecule is Cc1ccc(-n2nc(C3CC3)nc2CCc2nc(-c3ccncc3)no2)cc1. The summed E-state index contributed by atoms with van der Waals surface area (Å²) in [5.41, 5.74) is 3.15. The van der Waals surface area contributed by atoms with Gasteiger partial charge < -0.3 is 4.52 Å². The minimum absolute atomic E-state index is 0.507. The molecule has 0 aliphatic heterocycles. The van der Waals surface area contributed by atoms with Crippen molar-refractivity contribution in [2.24, 2.45) is 0 Å². The largest absolute Gasteiger partial charge is 0.339 e. The quantitative estimate of drug-likeness (QED) is 0.513. The standard InChI is InChI=1S/C21H20N6O/c1-14-2-6-17(7-3-14)27-18(23-20(25-27)15-4-5-15)8-9-19-24-21(26-28-19)16-10-12-22-13-11-16/h2-3,6-7,10-13,15H,4-5,8-9H2,1H3. The van der Waals surface area contributed by atoms with E-state index in [9.17, 15) is 0 Å². The van der Waals surface area contributed by atoms with E-state index in [0.29, 0.717) is 30.5 Å². The minimum atomic E-state index is 0.507. The van der Waals surface area contributed by atoms with Crippen molar-refractivity contribution < 1.29 is 4.52 Å². The Hall–Kier alpha value is -3.35. The van der Waals surface area contributed by atoms with Crippen molar-refractivity contribution in [3.8, 4) is 17.1 Å². The van der Waals surface area contributed by atoms with Crippen molar-refractivity contribution in [1.82, 2.24) is 29.9 Å². The highest BCUT2D eigenvalue weighted by Gasteiger charge is 2.29. The monoisotopic (exact) mass is 372 g/mol. The van der Waals surface area contributed by atoms with Gasteiger partial charge in [0.2, 0.25) is 11.7 Å². The first-order chi connectivity index (χ1) is 13.8. The molecule has 0 spiro atoms. The predicted molar refractivity (Wildman–Crippen MR) is 103 cm³/mol. The van der Waals surface area contributed by atoms with E-state index in [-0.39, 0.29) is 0 Å². The molecule has 0 N–H and O–H groups in total. The number of hydrogen-bond acceptors (Lipinski definition) is 6. The van der Waals surface area contributed by atoms with E-state index in [1.54, 1.807) is 12.4 Å². The molecule has 7 nitrogen and oxygen atoms in total. The average Bonchev–Trinajstić information content (AvgIpc) is 3.32. The summed E-state index contributed by atoms with van der Waals surface area (Å²) in [6, 6.07) is 12.1. The lowest BCUT2D eigenvalue weighted by Crippen LogP contribution is -2.05. The minimum Gasteiger partial charge on any atom is -0.339 e. The zero-order valence-electron chi connectivity index (χ0n) is 15.6. The molecule has 0 unspecified atom stereocenters. The summed E-state index contributed by atoms with van der Waals surface area (Å²) >= 11 is 0. The molecule has 0 amide bonds. The van der Waals surface area contributed by atoms with Gasteiger partial charge in [0.1, 0.15) is 5.82 Å². The van der Waals surface area contributed by atoms with E-state index in [1.807, 2.05) is 16.8 Å². The number of pyridine rings is 1. The zero-order chi connectivity index (χ0) is 18.9. The van der Waals surface area contributed by atoms with Crippen LogP contribution in [0, 0.1) is 6.92 Å². The van der Waals surface area contributed by atoms with Gasteiger partial charge in [0.15, 0.2) is 5.82 Å². The first-order valence-corrected chi connectivity index (χ1v) is 9.52. The van der Waals surface area contributed by atoms with Crippen molar-refractivity contribution in [3.63, 3.8) is 0 Å². The molecule has 0 bridgehead atoms. The second kappa shape index (κ2) is 6.99. The smallest absolute Gasteiger partial charge is 0.227 e. The van der Waals surface area contributed by atoms with Gasteiger partial charge in [0.05, 0.1) is 5.69 Å². The fraction of sp³-hybridized carbons (Fsp3) is 0.286. The second-order valence-corrected chi connectivity index (χ2v) is 7.16. The van der Waals surface area contributed by atoms with Crippen LogP contribution in [-0.2, 0) is 12.8 Å². The number of aromatic nitrogens is 6. The molecule has 5 rings (SSSR count). The Labute approximate surface area is 162 Å². The molecule has 4 aromatic rings.